The molecule has 8 nitrogen and oxygen atoms in total. The van der Waals surface area contributed by atoms with E-state index in [1.54, 1.807) is 60.7 Å². The first kappa shape index (κ1) is 33.6. The fourth-order valence-electron chi connectivity index (χ4n) is 4.84. The van der Waals surface area contributed by atoms with E-state index >= 15 is 0 Å². The highest BCUT2D eigenvalue weighted by atomic mass is 35.5. The van der Waals surface area contributed by atoms with Crippen LogP contribution in [0.15, 0.2) is 114 Å². The Hall–Kier alpha value is -4.34. The highest BCUT2D eigenvalue weighted by Crippen LogP contribution is 2.28. The van der Waals surface area contributed by atoms with Crippen molar-refractivity contribution in [3.8, 4) is 5.75 Å². The molecule has 0 radical (unpaired) electrons. The van der Waals surface area contributed by atoms with Crippen LogP contribution in [-0.2, 0) is 32.6 Å². The van der Waals surface area contributed by atoms with Crippen molar-refractivity contribution >= 4 is 39.1 Å². The lowest BCUT2D eigenvalue weighted by molar-refractivity contribution is -0.140. The van der Waals surface area contributed by atoms with Gasteiger partial charge in [0, 0.05) is 30.1 Å². The molecule has 0 saturated carbocycles. The van der Waals surface area contributed by atoms with Crippen LogP contribution in [-0.4, -0.2) is 50.9 Å². The third-order valence-electron chi connectivity index (χ3n) is 7.47. The summed E-state index contributed by atoms with van der Waals surface area (Å²) in [6.07, 6.45) is 0.922. The molecule has 2 atom stereocenters. The van der Waals surface area contributed by atoms with Gasteiger partial charge in [0.25, 0.3) is 10.0 Å². The molecular weight excluding hydrogens is 610 g/mol. The largest absolute Gasteiger partial charge is 0.497 e. The predicted octanol–water partition coefficient (Wildman–Crippen LogP) is 6.10. The Morgan fingerprint density at radius 2 is 1.51 bits per heavy atom. The van der Waals surface area contributed by atoms with Crippen LogP contribution in [0.1, 0.15) is 31.4 Å². The minimum absolute atomic E-state index is 0.0253. The number of hydrogen-bond donors (Lipinski definition) is 1. The van der Waals surface area contributed by atoms with E-state index in [-0.39, 0.29) is 35.5 Å². The Kier molecular flexibility index (Phi) is 11.6. The zero-order valence-electron chi connectivity index (χ0n) is 25.6. The minimum atomic E-state index is -4.21. The van der Waals surface area contributed by atoms with Crippen LogP contribution in [0.5, 0.6) is 5.75 Å². The molecule has 0 heterocycles. The first-order valence-electron chi connectivity index (χ1n) is 14.7. The summed E-state index contributed by atoms with van der Waals surface area (Å²) < 4.78 is 34.6. The summed E-state index contributed by atoms with van der Waals surface area (Å²) in [5.74, 6) is -0.459. The van der Waals surface area contributed by atoms with E-state index in [1.165, 1.54) is 24.1 Å². The number of carbonyl (C=O) groups excluding carboxylic acids is 2. The smallest absolute Gasteiger partial charge is 0.264 e. The maximum atomic E-state index is 14.5. The molecule has 4 aromatic rings. The minimum Gasteiger partial charge on any atom is -0.497 e. The van der Waals surface area contributed by atoms with Crippen molar-refractivity contribution in [2.45, 2.75) is 50.2 Å². The van der Waals surface area contributed by atoms with Gasteiger partial charge in [0.05, 0.1) is 17.7 Å². The molecule has 2 unspecified atom stereocenters. The van der Waals surface area contributed by atoms with Gasteiger partial charge in [0.15, 0.2) is 0 Å². The number of ether oxygens (including phenoxy) is 1. The van der Waals surface area contributed by atoms with Gasteiger partial charge in [0.1, 0.15) is 18.3 Å². The van der Waals surface area contributed by atoms with Crippen LogP contribution in [0.4, 0.5) is 5.69 Å². The van der Waals surface area contributed by atoms with Gasteiger partial charge in [-0.1, -0.05) is 85.3 Å². The first-order valence-corrected chi connectivity index (χ1v) is 16.5. The zero-order valence-corrected chi connectivity index (χ0v) is 27.2. The van der Waals surface area contributed by atoms with E-state index in [0.717, 1.165) is 9.87 Å². The van der Waals surface area contributed by atoms with E-state index in [2.05, 4.69) is 5.32 Å². The van der Waals surface area contributed by atoms with Crippen LogP contribution >= 0.6 is 11.6 Å². The van der Waals surface area contributed by atoms with Crippen LogP contribution in [0.2, 0.25) is 5.02 Å². The van der Waals surface area contributed by atoms with Crippen molar-refractivity contribution in [1.29, 1.82) is 0 Å². The third-order valence-corrected chi connectivity index (χ3v) is 9.49. The maximum absolute atomic E-state index is 14.5. The van der Waals surface area contributed by atoms with Gasteiger partial charge in [-0.2, -0.15) is 0 Å². The highest BCUT2D eigenvalue weighted by molar-refractivity contribution is 7.92. The number of carbonyl (C=O) groups is 2. The lowest BCUT2D eigenvalue weighted by Crippen LogP contribution is -2.54. The van der Waals surface area contributed by atoms with E-state index < -0.39 is 28.5 Å². The van der Waals surface area contributed by atoms with Gasteiger partial charge in [-0.05, 0) is 60.9 Å². The summed E-state index contributed by atoms with van der Waals surface area (Å²) >= 11 is 6.31. The molecule has 236 valence electrons. The summed E-state index contributed by atoms with van der Waals surface area (Å²) in [5, 5.41) is 3.51. The molecule has 0 bridgehead atoms. The monoisotopic (exact) mass is 647 g/mol. The maximum Gasteiger partial charge on any atom is 0.264 e. The molecule has 0 spiro atoms. The third kappa shape index (κ3) is 8.86. The van der Waals surface area contributed by atoms with Gasteiger partial charge in [0.2, 0.25) is 11.8 Å². The summed E-state index contributed by atoms with van der Waals surface area (Å²) in [5.41, 5.74) is 1.80. The van der Waals surface area contributed by atoms with Crippen LogP contribution in [0.25, 0.3) is 0 Å². The van der Waals surface area contributed by atoms with Crippen molar-refractivity contribution in [1.82, 2.24) is 10.2 Å². The van der Waals surface area contributed by atoms with Gasteiger partial charge >= 0.3 is 0 Å². The van der Waals surface area contributed by atoms with Gasteiger partial charge in [-0.3, -0.25) is 13.9 Å². The summed E-state index contributed by atoms with van der Waals surface area (Å²) in [6, 6.07) is 29.8. The Bertz CT molecular complexity index is 1690. The molecule has 1 N–H and O–H groups in total. The van der Waals surface area contributed by atoms with E-state index in [1.807, 2.05) is 50.2 Å². The Morgan fingerprint density at radius 1 is 0.867 bits per heavy atom. The van der Waals surface area contributed by atoms with Crippen molar-refractivity contribution in [2.75, 3.05) is 18.0 Å². The molecule has 45 heavy (non-hydrogen) atoms. The topological polar surface area (TPSA) is 96.0 Å². The number of benzene rings is 4. The van der Waals surface area contributed by atoms with E-state index in [0.29, 0.717) is 22.8 Å². The van der Waals surface area contributed by atoms with Crippen molar-refractivity contribution < 1.29 is 22.7 Å². The summed E-state index contributed by atoms with van der Waals surface area (Å²) in [7, 11) is -2.72. The van der Waals surface area contributed by atoms with Gasteiger partial charge < -0.3 is 15.0 Å². The summed E-state index contributed by atoms with van der Waals surface area (Å²) in [6.45, 7) is 3.33. The molecule has 0 aliphatic heterocycles. The first-order chi connectivity index (χ1) is 21.6. The molecule has 0 aromatic heterocycles. The molecule has 0 saturated heterocycles. The lowest BCUT2D eigenvalue weighted by atomic mass is 10.0. The average Bonchev–Trinajstić information content (AvgIpc) is 3.05. The number of nitrogens with one attached hydrogen (secondary N) is 1. The van der Waals surface area contributed by atoms with Gasteiger partial charge in [-0.25, -0.2) is 8.42 Å². The Balaban J connectivity index is 1.81. The number of nitrogens with zero attached hydrogens (tertiary/aromatic N) is 2. The number of amides is 2. The predicted molar refractivity (Wildman–Crippen MR) is 178 cm³/mol. The second-order valence-corrected chi connectivity index (χ2v) is 13.0. The molecule has 10 heteroatoms. The molecule has 2 amide bonds. The van der Waals surface area contributed by atoms with E-state index in [9.17, 15) is 18.0 Å². The van der Waals surface area contributed by atoms with Crippen LogP contribution in [0.3, 0.4) is 0 Å². The fourth-order valence-corrected chi connectivity index (χ4v) is 6.48. The second kappa shape index (κ2) is 15.6. The number of rotatable bonds is 14. The highest BCUT2D eigenvalue weighted by Gasteiger charge is 2.35. The molecule has 0 fully saturated rings. The molecule has 4 aromatic carbocycles. The molecular formula is C35H38ClN3O5S. The summed E-state index contributed by atoms with van der Waals surface area (Å²) in [4.78, 5) is 29.9. The van der Waals surface area contributed by atoms with Crippen LogP contribution in [0, 0.1) is 0 Å². The number of methoxy groups -OCH3 is 1. The number of hydrogen-bond acceptors (Lipinski definition) is 5. The molecule has 0 aliphatic rings. The van der Waals surface area contributed by atoms with E-state index in [4.69, 9.17) is 16.3 Å². The number of halogens is 1. The average molecular weight is 648 g/mol. The molecule has 0 aliphatic carbocycles. The number of anilines is 1. The normalized spacial score (nSPS) is 12.5. The Morgan fingerprint density at radius 3 is 2.16 bits per heavy atom. The quantitative estimate of drug-likeness (QED) is 0.179. The zero-order chi connectivity index (χ0) is 32.4. The Labute approximate surface area is 270 Å². The van der Waals surface area contributed by atoms with Crippen molar-refractivity contribution in [3.63, 3.8) is 0 Å². The van der Waals surface area contributed by atoms with Crippen LogP contribution < -0.4 is 14.4 Å². The lowest BCUT2D eigenvalue weighted by Gasteiger charge is -2.34. The SMILES string of the molecule is CCC(C)NC(=O)C(Cc1ccccc1)N(Cc1cccc(Cl)c1)C(=O)CN(c1cccc(OC)c1)S(=O)(=O)c1ccccc1. The fraction of sp³-hybridized carbons (Fsp3) is 0.257. The van der Waals surface area contributed by atoms with Crippen molar-refractivity contribution in [3.05, 3.63) is 125 Å². The van der Waals surface area contributed by atoms with Gasteiger partial charge in [-0.15, -0.1) is 0 Å². The number of sulfonamides is 1. The second-order valence-electron chi connectivity index (χ2n) is 10.7. The van der Waals surface area contributed by atoms with Crippen molar-refractivity contribution in [2.24, 2.45) is 0 Å². The molecule has 4 rings (SSSR count). The standard InChI is InChI=1S/C35H38ClN3O5S/c1-4-26(2)37-35(41)33(22-27-13-7-5-8-14-27)38(24-28-15-11-16-29(36)21-28)34(40)25-39(30-17-12-18-31(23-30)44-3)45(42,43)32-19-9-6-10-20-32/h5-21,23,26,33H,4,22,24-25H2,1-3H3,(H,37,41).